The number of hydrogen-bond donors (Lipinski definition) is 1. The number of hydrazone groups is 1. The number of fused-ring (bicyclic) bond motifs is 1. The third kappa shape index (κ3) is 4.68. The van der Waals surface area contributed by atoms with E-state index in [1.807, 2.05) is 36.4 Å². The first-order valence-corrected chi connectivity index (χ1v) is 12.1. The summed E-state index contributed by atoms with van der Waals surface area (Å²) in [4.78, 5) is 31.7. The standard InChI is InChI=1S/C26H24N4O2S/c31-22-14-15-27-26(28-22)33-17-23(32)30-25(19-10-5-2-6-11-19)21-13-7-12-20(24(21)29-30)16-18-8-3-1-4-9-18/h1-6,8-11,14-16,21,25H,7,12-13,17H2,(H,27,28,31)/b20-16-. The quantitative estimate of drug-likeness (QED) is 0.446. The Morgan fingerprint density at radius 2 is 1.85 bits per heavy atom. The van der Waals surface area contributed by atoms with Crippen LogP contribution in [-0.2, 0) is 4.79 Å². The maximum Gasteiger partial charge on any atom is 0.253 e. The third-order valence-corrected chi connectivity index (χ3v) is 6.89. The van der Waals surface area contributed by atoms with Crippen molar-refractivity contribution in [3.05, 3.63) is 100.0 Å². The van der Waals surface area contributed by atoms with E-state index in [1.165, 1.54) is 29.6 Å². The molecule has 1 aliphatic heterocycles. The molecule has 2 heterocycles. The SMILES string of the molecule is O=C(CSc1nccc(=O)[nH]1)N1N=C2/C(=C\c3ccccc3)CCCC2C1c1ccccc1. The van der Waals surface area contributed by atoms with Gasteiger partial charge in [-0.2, -0.15) is 5.10 Å². The first-order chi connectivity index (χ1) is 16.2. The fraction of sp³-hybridized carbons (Fsp3) is 0.231. The molecule has 1 amide bonds. The second kappa shape index (κ2) is 9.58. The lowest BCUT2D eigenvalue weighted by molar-refractivity contribution is -0.130. The molecule has 33 heavy (non-hydrogen) atoms. The normalized spacial score (nSPS) is 21.0. The van der Waals surface area contributed by atoms with Gasteiger partial charge in [0.25, 0.3) is 11.5 Å². The Morgan fingerprint density at radius 3 is 2.61 bits per heavy atom. The van der Waals surface area contributed by atoms with Crippen molar-refractivity contribution in [1.82, 2.24) is 15.0 Å². The monoisotopic (exact) mass is 456 g/mol. The molecule has 1 aliphatic carbocycles. The maximum atomic E-state index is 13.4. The largest absolute Gasteiger partial charge is 0.301 e. The molecular formula is C26H24N4O2S. The highest BCUT2D eigenvalue weighted by Crippen LogP contribution is 2.44. The lowest BCUT2D eigenvalue weighted by atomic mass is 9.77. The van der Waals surface area contributed by atoms with E-state index in [4.69, 9.17) is 5.10 Å². The van der Waals surface area contributed by atoms with E-state index in [9.17, 15) is 9.59 Å². The number of benzene rings is 2. The minimum Gasteiger partial charge on any atom is -0.301 e. The van der Waals surface area contributed by atoms with Crippen molar-refractivity contribution in [3.8, 4) is 0 Å². The van der Waals surface area contributed by atoms with Crippen molar-refractivity contribution < 1.29 is 4.79 Å². The summed E-state index contributed by atoms with van der Waals surface area (Å²) in [6.45, 7) is 0. The molecule has 2 aliphatic rings. The lowest BCUT2D eigenvalue weighted by Gasteiger charge is -2.29. The van der Waals surface area contributed by atoms with Gasteiger partial charge in [0, 0.05) is 18.2 Å². The maximum absolute atomic E-state index is 13.4. The second-order valence-corrected chi connectivity index (χ2v) is 9.15. The van der Waals surface area contributed by atoms with E-state index < -0.39 is 0 Å². The van der Waals surface area contributed by atoms with Gasteiger partial charge in [-0.25, -0.2) is 9.99 Å². The van der Waals surface area contributed by atoms with E-state index in [-0.39, 0.29) is 29.2 Å². The van der Waals surface area contributed by atoms with Crippen LogP contribution >= 0.6 is 11.8 Å². The number of carbonyl (C=O) groups is 1. The van der Waals surface area contributed by atoms with Crippen molar-refractivity contribution in [2.45, 2.75) is 30.5 Å². The summed E-state index contributed by atoms with van der Waals surface area (Å²) in [5.74, 6) is 0.221. The molecule has 2 unspecified atom stereocenters. The van der Waals surface area contributed by atoms with Crippen LogP contribution in [0.1, 0.15) is 36.4 Å². The van der Waals surface area contributed by atoms with Gasteiger partial charge in [-0.15, -0.1) is 0 Å². The molecule has 0 saturated heterocycles. The summed E-state index contributed by atoms with van der Waals surface area (Å²) >= 11 is 1.22. The summed E-state index contributed by atoms with van der Waals surface area (Å²) in [7, 11) is 0. The van der Waals surface area contributed by atoms with E-state index in [0.29, 0.717) is 5.16 Å². The molecule has 0 bridgehead atoms. The van der Waals surface area contributed by atoms with Crippen LogP contribution in [0.25, 0.3) is 6.08 Å². The highest BCUT2D eigenvalue weighted by molar-refractivity contribution is 7.99. The Hall–Kier alpha value is -3.45. The fourth-order valence-corrected chi connectivity index (χ4v) is 5.26. The Bertz CT molecular complexity index is 1250. The summed E-state index contributed by atoms with van der Waals surface area (Å²) in [5, 5.41) is 6.99. The van der Waals surface area contributed by atoms with Crippen LogP contribution in [0, 0.1) is 5.92 Å². The van der Waals surface area contributed by atoms with Crippen LogP contribution in [-0.4, -0.2) is 32.3 Å². The Balaban J connectivity index is 1.46. The van der Waals surface area contributed by atoms with Crippen LogP contribution in [0.3, 0.4) is 0 Å². The minimum atomic E-state index is -0.231. The van der Waals surface area contributed by atoms with Gasteiger partial charge in [0.2, 0.25) is 0 Å². The van der Waals surface area contributed by atoms with Crippen LogP contribution in [0.15, 0.2) is 93.6 Å². The van der Waals surface area contributed by atoms with Crippen LogP contribution in [0.2, 0.25) is 0 Å². The molecule has 7 heteroatoms. The molecule has 1 N–H and O–H groups in total. The summed E-state index contributed by atoms with van der Waals surface area (Å²) < 4.78 is 0. The molecule has 0 radical (unpaired) electrons. The van der Waals surface area contributed by atoms with E-state index in [1.54, 1.807) is 5.01 Å². The zero-order chi connectivity index (χ0) is 22.6. The Morgan fingerprint density at radius 1 is 1.09 bits per heavy atom. The number of H-pyrrole nitrogens is 1. The highest BCUT2D eigenvalue weighted by Gasteiger charge is 2.43. The molecule has 6 nitrogen and oxygen atoms in total. The third-order valence-electron chi connectivity index (χ3n) is 6.02. The Kier molecular flexibility index (Phi) is 6.21. The molecule has 2 aromatic carbocycles. The van der Waals surface area contributed by atoms with Gasteiger partial charge in [-0.1, -0.05) is 72.4 Å². The molecule has 1 fully saturated rings. The van der Waals surface area contributed by atoms with E-state index in [2.05, 4.69) is 40.3 Å². The van der Waals surface area contributed by atoms with Crippen molar-refractivity contribution in [3.63, 3.8) is 0 Å². The minimum absolute atomic E-state index is 0.0960. The first-order valence-electron chi connectivity index (χ1n) is 11.1. The van der Waals surface area contributed by atoms with Gasteiger partial charge in [-0.05, 0) is 42.0 Å². The smallest absolute Gasteiger partial charge is 0.253 e. The Labute approximate surface area is 196 Å². The molecule has 166 valence electrons. The van der Waals surface area contributed by atoms with Crippen molar-refractivity contribution in [2.24, 2.45) is 11.0 Å². The average Bonchev–Trinajstić information content (AvgIpc) is 3.25. The highest BCUT2D eigenvalue weighted by atomic mass is 32.2. The van der Waals surface area contributed by atoms with Gasteiger partial charge in [0.05, 0.1) is 17.5 Å². The number of aromatic nitrogens is 2. The van der Waals surface area contributed by atoms with Gasteiger partial charge >= 0.3 is 0 Å². The summed E-state index contributed by atoms with van der Waals surface area (Å²) in [5.41, 5.74) is 4.22. The summed E-state index contributed by atoms with van der Waals surface area (Å²) in [6.07, 6.45) is 6.67. The number of hydrogen-bond acceptors (Lipinski definition) is 5. The number of rotatable bonds is 5. The van der Waals surface area contributed by atoms with Crippen molar-refractivity contribution in [2.75, 3.05) is 5.75 Å². The molecule has 1 aromatic heterocycles. The predicted molar refractivity (Wildman–Crippen MR) is 131 cm³/mol. The number of thioether (sulfide) groups is 1. The molecule has 1 saturated carbocycles. The topological polar surface area (TPSA) is 78.4 Å². The number of carbonyl (C=O) groups excluding carboxylic acids is 1. The van der Waals surface area contributed by atoms with Gasteiger partial charge in [0.15, 0.2) is 5.16 Å². The summed E-state index contributed by atoms with van der Waals surface area (Å²) in [6, 6.07) is 21.6. The van der Waals surface area contributed by atoms with E-state index >= 15 is 0 Å². The lowest BCUT2D eigenvalue weighted by Crippen LogP contribution is -2.32. The zero-order valence-electron chi connectivity index (χ0n) is 18.1. The molecule has 5 rings (SSSR count). The number of aromatic amines is 1. The molecule has 3 aromatic rings. The second-order valence-electron chi connectivity index (χ2n) is 8.19. The number of nitrogens with zero attached hydrogens (tertiary/aromatic N) is 3. The number of nitrogens with one attached hydrogen (secondary N) is 1. The molecule has 2 atom stereocenters. The predicted octanol–water partition coefficient (Wildman–Crippen LogP) is 4.69. The van der Waals surface area contributed by atoms with Gasteiger partial charge < -0.3 is 4.98 Å². The number of amides is 1. The average molecular weight is 457 g/mol. The van der Waals surface area contributed by atoms with Crippen LogP contribution < -0.4 is 5.56 Å². The molecular weight excluding hydrogens is 432 g/mol. The molecule has 0 spiro atoms. The van der Waals surface area contributed by atoms with Crippen molar-refractivity contribution >= 4 is 29.5 Å². The van der Waals surface area contributed by atoms with Crippen LogP contribution in [0.4, 0.5) is 0 Å². The number of allylic oxidation sites excluding steroid dienone is 1. The van der Waals surface area contributed by atoms with E-state index in [0.717, 1.165) is 36.1 Å². The fourth-order valence-electron chi connectivity index (χ4n) is 4.56. The first kappa shape index (κ1) is 21.4. The van der Waals surface area contributed by atoms with Gasteiger partial charge in [-0.3, -0.25) is 9.59 Å². The van der Waals surface area contributed by atoms with Crippen molar-refractivity contribution in [1.29, 1.82) is 0 Å². The van der Waals surface area contributed by atoms with Gasteiger partial charge in [0.1, 0.15) is 0 Å². The van der Waals surface area contributed by atoms with Crippen LogP contribution in [0.5, 0.6) is 0 Å². The zero-order valence-corrected chi connectivity index (χ0v) is 18.9.